The topological polar surface area (TPSA) is 59.8 Å². The largest absolute Gasteiger partial charge is 0.545 e. The van der Waals surface area contributed by atoms with Crippen molar-refractivity contribution < 1.29 is 14.5 Å². The summed E-state index contributed by atoms with van der Waals surface area (Å²) in [5.41, 5.74) is 0.0648. The van der Waals surface area contributed by atoms with Gasteiger partial charge in [-0.25, -0.2) is 4.57 Å². The average molecular weight is 210 g/mol. The summed E-state index contributed by atoms with van der Waals surface area (Å²) in [4.78, 5) is 12.5. The summed E-state index contributed by atoms with van der Waals surface area (Å²) < 4.78 is 2.16. The number of rotatable bonds is 4. The van der Waals surface area contributed by atoms with E-state index in [-0.39, 0.29) is 5.57 Å². The first-order valence-electron chi connectivity index (χ1n) is 4.96. The summed E-state index contributed by atoms with van der Waals surface area (Å²) in [5.74, 6) is -1.19. The Morgan fingerprint density at radius 3 is 2.53 bits per heavy atom. The van der Waals surface area contributed by atoms with Gasteiger partial charge in [-0.05, 0) is 18.9 Å². The quantitative estimate of drug-likeness (QED) is 0.578. The minimum absolute atomic E-state index is 0.0648. The number of carboxylic acid groups (broad SMARTS) is 1. The predicted octanol–water partition coefficient (Wildman–Crippen LogP) is 0.415. The number of carbonyl (C=O) groups excluding carboxylic acids is 1. The van der Waals surface area contributed by atoms with Crippen LogP contribution in [0.1, 0.15) is 26.7 Å². The number of hydrogen-bond acceptors (Lipinski definition) is 2. The van der Waals surface area contributed by atoms with Gasteiger partial charge in [0.2, 0.25) is 6.33 Å². The zero-order valence-electron chi connectivity index (χ0n) is 9.32. The van der Waals surface area contributed by atoms with Crippen LogP contribution < -0.4 is 9.67 Å². The minimum atomic E-state index is -1.19. The lowest BCUT2D eigenvalue weighted by Gasteiger charge is -1.93. The number of unbranched alkanes of at least 4 members (excludes halogenated alkanes) is 1. The fraction of sp³-hybridized carbons (Fsp3) is 0.455. The van der Waals surface area contributed by atoms with Gasteiger partial charge in [0, 0.05) is 0 Å². The third-order valence-electron chi connectivity index (χ3n) is 1.72. The number of aromatic nitrogens is 2. The van der Waals surface area contributed by atoms with Gasteiger partial charge in [-0.3, -0.25) is 4.98 Å². The minimum Gasteiger partial charge on any atom is -0.545 e. The van der Waals surface area contributed by atoms with E-state index < -0.39 is 5.97 Å². The van der Waals surface area contributed by atoms with Gasteiger partial charge in [-0.15, -0.1) is 0 Å². The summed E-state index contributed by atoms with van der Waals surface area (Å²) in [7, 11) is 0. The number of nitrogens with zero attached hydrogens (tertiary/aromatic N) is 1. The zero-order chi connectivity index (χ0) is 11.7. The summed E-state index contributed by atoms with van der Waals surface area (Å²) in [6.45, 7) is 7.82. The molecule has 1 N–H and O–H groups in total. The fourth-order valence-electron chi connectivity index (χ4n) is 0.800. The maximum atomic E-state index is 9.49. The lowest BCUT2D eigenvalue weighted by Crippen LogP contribution is -2.29. The number of aryl methyl sites for hydroxylation is 1. The van der Waals surface area contributed by atoms with Crippen molar-refractivity contribution >= 4 is 5.97 Å². The van der Waals surface area contributed by atoms with Gasteiger partial charge in [-0.1, -0.05) is 19.9 Å². The molecule has 1 heterocycles. The first-order valence-corrected chi connectivity index (χ1v) is 4.96. The molecule has 0 amide bonds. The molecule has 0 aromatic carbocycles. The van der Waals surface area contributed by atoms with Crippen molar-refractivity contribution in [1.29, 1.82) is 0 Å². The van der Waals surface area contributed by atoms with Crippen molar-refractivity contribution in [2.24, 2.45) is 0 Å². The summed E-state index contributed by atoms with van der Waals surface area (Å²) in [6, 6.07) is 0. The van der Waals surface area contributed by atoms with Gasteiger partial charge in [-0.2, -0.15) is 0 Å². The molecule has 0 fully saturated rings. The number of nitrogens with one attached hydrogen (secondary N) is 1. The van der Waals surface area contributed by atoms with Crippen molar-refractivity contribution in [2.75, 3.05) is 0 Å². The number of imidazole rings is 1. The second-order valence-corrected chi connectivity index (χ2v) is 3.27. The zero-order valence-corrected chi connectivity index (χ0v) is 9.32. The smallest absolute Gasteiger partial charge is 0.241 e. The second kappa shape index (κ2) is 7.79. The third-order valence-corrected chi connectivity index (χ3v) is 1.72. The van der Waals surface area contributed by atoms with Crippen LogP contribution in [0.3, 0.4) is 0 Å². The molecule has 0 aliphatic rings. The number of aromatic amines is 1. The molecule has 1 aromatic rings. The molecule has 0 saturated carbocycles. The van der Waals surface area contributed by atoms with Crippen LogP contribution in [-0.4, -0.2) is 11.0 Å². The maximum absolute atomic E-state index is 9.49. The van der Waals surface area contributed by atoms with Crippen molar-refractivity contribution in [3.05, 3.63) is 30.9 Å². The fourth-order valence-corrected chi connectivity index (χ4v) is 0.800. The van der Waals surface area contributed by atoms with Crippen LogP contribution in [0.25, 0.3) is 0 Å². The van der Waals surface area contributed by atoms with Gasteiger partial charge in [0.05, 0.1) is 12.5 Å². The van der Waals surface area contributed by atoms with Gasteiger partial charge >= 0.3 is 0 Å². The van der Waals surface area contributed by atoms with Crippen LogP contribution in [0, 0.1) is 0 Å². The molecule has 1 aromatic heterocycles. The van der Waals surface area contributed by atoms with E-state index in [4.69, 9.17) is 0 Å². The lowest BCUT2D eigenvalue weighted by molar-refractivity contribution is -0.696. The van der Waals surface area contributed by atoms with E-state index in [1.165, 1.54) is 19.8 Å². The Labute approximate surface area is 90.3 Å². The monoisotopic (exact) mass is 210 g/mol. The molecule has 0 aliphatic carbocycles. The maximum Gasteiger partial charge on any atom is 0.241 e. The van der Waals surface area contributed by atoms with Crippen LogP contribution in [0.15, 0.2) is 30.9 Å². The number of aliphatic carboxylic acids is 1. The molecular formula is C11H18N2O2. The molecule has 4 nitrogen and oxygen atoms in total. The Bertz CT molecular complexity index is 280. The van der Waals surface area contributed by atoms with Gasteiger partial charge in [0.15, 0.2) is 0 Å². The van der Waals surface area contributed by atoms with Crippen LogP contribution in [0.5, 0.6) is 0 Å². The highest BCUT2D eigenvalue weighted by Crippen LogP contribution is 1.84. The standard InChI is InChI=1S/C7H12N2.C4H6O2/c1-2-3-5-9-6-4-8-7-9;1-3(2)4(5)6/h4,6-7H,2-3,5H2,1H3;1H2,2H3,(H,5,6). The molecule has 0 radical (unpaired) electrons. The molecular weight excluding hydrogens is 192 g/mol. The van der Waals surface area contributed by atoms with Gasteiger partial charge in [0.25, 0.3) is 0 Å². The normalized spacial score (nSPS) is 8.93. The van der Waals surface area contributed by atoms with Crippen molar-refractivity contribution in [2.45, 2.75) is 33.2 Å². The molecule has 0 saturated heterocycles. The van der Waals surface area contributed by atoms with Gasteiger partial charge in [0.1, 0.15) is 12.4 Å². The molecule has 0 spiro atoms. The summed E-state index contributed by atoms with van der Waals surface area (Å²) >= 11 is 0. The average Bonchev–Trinajstić information content (AvgIpc) is 2.68. The van der Waals surface area contributed by atoms with Crippen molar-refractivity contribution in [1.82, 2.24) is 4.98 Å². The number of carbonyl (C=O) groups is 1. The van der Waals surface area contributed by atoms with Crippen molar-refractivity contribution in [3.63, 3.8) is 0 Å². The first-order chi connectivity index (χ1) is 7.07. The molecule has 0 aliphatic heterocycles. The highest BCUT2D eigenvalue weighted by molar-refractivity contribution is 5.82. The number of hydrogen-bond donors (Lipinski definition) is 1. The van der Waals surface area contributed by atoms with Gasteiger partial charge < -0.3 is 9.90 Å². The number of H-pyrrole nitrogens is 1. The van der Waals surface area contributed by atoms with Crippen LogP contribution in [-0.2, 0) is 11.3 Å². The van der Waals surface area contributed by atoms with E-state index >= 15 is 0 Å². The van der Waals surface area contributed by atoms with E-state index in [0.717, 1.165) is 6.54 Å². The Balaban J connectivity index is 0.000000288. The van der Waals surface area contributed by atoms with Crippen molar-refractivity contribution in [3.8, 4) is 0 Å². The van der Waals surface area contributed by atoms with E-state index in [2.05, 4.69) is 29.3 Å². The summed E-state index contributed by atoms with van der Waals surface area (Å²) in [6.07, 6.45) is 8.50. The number of carboxylic acids is 1. The Kier molecular flexibility index (Phi) is 6.97. The molecule has 1 rings (SSSR count). The molecule has 0 bridgehead atoms. The van der Waals surface area contributed by atoms with E-state index in [0.29, 0.717) is 0 Å². The molecule has 0 atom stereocenters. The Hall–Kier alpha value is -1.58. The van der Waals surface area contributed by atoms with E-state index in [1.54, 1.807) is 0 Å². The first kappa shape index (κ1) is 13.4. The molecule has 4 heteroatoms. The third kappa shape index (κ3) is 7.49. The molecule has 84 valence electrons. The lowest BCUT2D eigenvalue weighted by atomic mass is 10.3. The van der Waals surface area contributed by atoms with Crippen LogP contribution in [0.4, 0.5) is 0 Å². The highest BCUT2D eigenvalue weighted by atomic mass is 16.4. The highest BCUT2D eigenvalue weighted by Gasteiger charge is 1.92. The Morgan fingerprint density at radius 2 is 2.20 bits per heavy atom. The van der Waals surface area contributed by atoms with E-state index in [1.807, 2.05) is 12.5 Å². The van der Waals surface area contributed by atoms with Crippen LogP contribution in [0.2, 0.25) is 0 Å². The second-order valence-electron chi connectivity index (χ2n) is 3.27. The summed E-state index contributed by atoms with van der Waals surface area (Å²) in [5, 5.41) is 9.49. The van der Waals surface area contributed by atoms with E-state index in [9.17, 15) is 9.90 Å². The SMILES string of the molecule is C=C(C)C(=O)[O-].CCCC[n+]1cc[nH]c1. The molecule has 0 unspecified atom stereocenters. The molecule has 15 heavy (non-hydrogen) atoms. The van der Waals surface area contributed by atoms with Crippen LogP contribution >= 0.6 is 0 Å². The predicted molar refractivity (Wildman–Crippen MR) is 55.7 cm³/mol. The Morgan fingerprint density at radius 1 is 1.60 bits per heavy atom.